The summed E-state index contributed by atoms with van der Waals surface area (Å²) in [5.74, 6) is -0.602. The Hall–Kier alpha value is -2.07. The molecule has 0 aliphatic carbocycles. The summed E-state index contributed by atoms with van der Waals surface area (Å²) >= 11 is 6.13. The van der Waals surface area contributed by atoms with Gasteiger partial charge in [-0.1, -0.05) is 48.9 Å². The van der Waals surface area contributed by atoms with E-state index in [1.54, 1.807) is 12.3 Å². The van der Waals surface area contributed by atoms with E-state index >= 15 is 0 Å². The zero-order valence-corrected chi connectivity index (χ0v) is 13.9. The van der Waals surface area contributed by atoms with Gasteiger partial charge < -0.3 is 10.6 Å². The van der Waals surface area contributed by atoms with Crippen LogP contribution in [0.1, 0.15) is 35.8 Å². The van der Waals surface area contributed by atoms with E-state index in [0.29, 0.717) is 5.02 Å². The van der Waals surface area contributed by atoms with Gasteiger partial charge in [0, 0.05) is 18.5 Å². The molecule has 1 aliphatic rings. The number of aromatic nitrogens is 1. The number of nitrogens with zero attached hydrogens (tertiary/aromatic N) is 2. The van der Waals surface area contributed by atoms with Gasteiger partial charge in [-0.05, 0) is 24.5 Å². The van der Waals surface area contributed by atoms with Crippen LogP contribution in [-0.4, -0.2) is 24.0 Å². The van der Waals surface area contributed by atoms with Crippen molar-refractivity contribution in [1.29, 1.82) is 0 Å². The van der Waals surface area contributed by atoms with E-state index < -0.39 is 5.91 Å². The van der Waals surface area contributed by atoms with Crippen LogP contribution in [0.15, 0.2) is 42.6 Å². The fourth-order valence-corrected chi connectivity index (χ4v) is 3.65. The molecule has 5 heteroatoms. The number of carbonyl (C=O) groups excluding carboxylic acids is 1. The molecule has 1 saturated heterocycles. The van der Waals surface area contributed by atoms with Crippen molar-refractivity contribution in [1.82, 2.24) is 4.98 Å². The molecule has 4 nitrogen and oxygen atoms in total. The van der Waals surface area contributed by atoms with Crippen molar-refractivity contribution >= 4 is 23.2 Å². The van der Waals surface area contributed by atoms with Gasteiger partial charge in [-0.2, -0.15) is 0 Å². The number of anilines is 1. The van der Waals surface area contributed by atoms with Gasteiger partial charge in [0.15, 0.2) is 0 Å². The third-order valence-electron chi connectivity index (χ3n) is 4.84. The topological polar surface area (TPSA) is 59.2 Å². The van der Waals surface area contributed by atoms with E-state index in [1.807, 2.05) is 6.07 Å². The number of pyridine rings is 1. The van der Waals surface area contributed by atoms with Gasteiger partial charge in [0.25, 0.3) is 5.91 Å². The molecule has 2 heterocycles. The minimum atomic E-state index is -0.602. The Kier molecular flexibility index (Phi) is 4.26. The first-order valence-electron chi connectivity index (χ1n) is 7.81. The van der Waals surface area contributed by atoms with Crippen molar-refractivity contribution in [3.05, 3.63) is 58.9 Å². The number of rotatable bonds is 4. The molecule has 0 spiro atoms. The van der Waals surface area contributed by atoms with Crippen molar-refractivity contribution in [2.45, 2.75) is 25.2 Å². The molecule has 0 bridgehead atoms. The second kappa shape index (κ2) is 6.20. The highest BCUT2D eigenvalue weighted by Gasteiger charge is 2.38. The van der Waals surface area contributed by atoms with Crippen LogP contribution in [0.4, 0.5) is 5.69 Å². The first-order valence-corrected chi connectivity index (χ1v) is 8.19. The number of hydrogen-bond acceptors (Lipinski definition) is 3. The van der Waals surface area contributed by atoms with Crippen molar-refractivity contribution in [3.63, 3.8) is 0 Å². The summed E-state index contributed by atoms with van der Waals surface area (Å²) in [7, 11) is 0. The average molecular weight is 330 g/mol. The lowest BCUT2D eigenvalue weighted by Crippen LogP contribution is -2.30. The molecule has 120 valence electrons. The number of primary amides is 1. The number of nitrogens with two attached hydrogens (primary N) is 1. The van der Waals surface area contributed by atoms with Gasteiger partial charge >= 0.3 is 0 Å². The quantitative estimate of drug-likeness (QED) is 0.935. The lowest BCUT2D eigenvalue weighted by molar-refractivity contribution is 0.0996. The smallest absolute Gasteiger partial charge is 0.268 e. The number of hydrogen-bond donors (Lipinski definition) is 1. The van der Waals surface area contributed by atoms with Crippen LogP contribution in [0.25, 0.3) is 0 Å². The number of amides is 1. The molecule has 23 heavy (non-hydrogen) atoms. The zero-order chi connectivity index (χ0) is 16.4. The van der Waals surface area contributed by atoms with Crippen molar-refractivity contribution in [2.75, 3.05) is 18.0 Å². The fourth-order valence-electron chi connectivity index (χ4n) is 3.39. The highest BCUT2D eigenvalue weighted by atomic mass is 35.5. The summed E-state index contributed by atoms with van der Waals surface area (Å²) < 4.78 is 0. The van der Waals surface area contributed by atoms with Crippen LogP contribution in [0, 0.1) is 0 Å². The standard InChI is InChI=1S/C18H20ClN3O/c1-2-18(13-6-4-3-5-7-13)8-9-22(12-18)14-10-15(19)16(17(20)23)21-11-14/h3-7,10-11H,2,8-9,12H2,1H3,(H2,20,23)/t18-/m0/s1. The largest absolute Gasteiger partial charge is 0.369 e. The Morgan fingerprint density at radius 1 is 1.39 bits per heavy atom. The second-order valence-electron chi connectivity index (χ2n) is 6.06. The van der Waals surface area contributed by atoms with Gasteiger partial charge in [-0.25, -0.2) is 4.98 Å². The van der Waals surface area contributed by atoms with E-state index in [2.05, 4.69) is 41.1 Å². The average Bonchev–Trinajstić information content (AvgIpc) is 3.01. The molecule has 1 atom stereocenters. The van der Waals surface area contributed by atoms with Crippen LogP contribution in [0.5, 0.6) is 0 Å². The normalized spacial score (nSPS) is 20.7. The molecule has 1 fully saturated rings. The molecule has 3 rings (SSSR count). The molecule has 0 saturated carbocycles. The number of halogens is 1. The first kappa shape index (κ1) is 15.8. The van der Waals surface area contributed by atoms with Crippen LogP contribution >= 0.6 is 11.6 Å². The monoisotopic (exact) mass is 329 g/mol. The second-order valence-corrected chi connectivity index (χ2v) is 6.47. The van der Waals surface area contributed by atoms with Crippen molar-refractivity contribution in [2.24, 2.45) is 5.73 Å². The van der Waals surface area contributed by atoms with E-state index in [1.165, 1.54) is 5.56 Å². The fraction of sp³-hybridized carbons (Fsp3) is 0.333. The first-order chi connectivity index (χ1) is 11.1. The highest BCUT2D eigenvalue weighted by molar-refractivity contribution is 6.33. The Bertz CT molecular complexity index is 719. The summed E-state index contributed by atoms with van der Waals surface area (Å²) in [4.78, 5) is 17.6. The SMILES string of the molecule is CC[C@]1(c2ccccc2)CCN(c2cnc(C(N)=O)c(Cl)c2)C1. The van der Waals surface area contributed by atoms with E-state index in [0.717, 1.165) is 31.6 Å². The lowest BCUT2D eigenvalue weighted by Gasteiger charge is -2.29. The molecular weight excluding hydrogens is 310 g/mol. The van der Waals surface area contributed by atoms with E-state index in [9.17, 15) is 4.79 Å². The summed E-state index contributed by atoms with van der Waals surface area (Å²) in [6.45, 7) is 4.09. The minimum absolute atomic E-state index is 0.124. The van der Waals surface area contributed by atoms with Gasteiger partial charge in [0.2, 0.25) is 0 Å². The lowest BCUT2D eigenvalue weighted by atomic mass is 9.77. The van der Waals surface area contributed by atoms with E-state index in [-0.39, 0.29) is 11.1 Å². The Morgan fingerprint density at radius 3 is 2.74 bits per heavy atom. The van der Waals surface area contributed by atoms with Gasteiger partial charge in [-0.3, -0.25) is 4.79 Å². The molecule has 0 unspecified atom stereocenters. The van der Waals surface area contributed by atoms with Gasteiger partial charge in [-0.15, -0.1) is 0 Å². The predicted molar refractivity (Wildman–Crippen MR) is 93.0 cm³/mol. The van der Waals surface area contributed by atoms with Crippen LogP contribution < -0.4 is 10.6 Å². The van der Waals surface area contributed by atoms with E-state index in [4.69, 9.17) is 17.3 Å². The summed E-state index contributed by atoms with van der Waals surface area (Å²) in [5.41, 5.74) is 7.84. The molecule has 1 aromatic carbocycles. The predicted octanol–water partition coefficient (Wildman–Crippen LogP) is 3.39. The molecule has 0 radical (unpaired) electrons. The molecular formula is C18H20ClN3O. The maximum atomic E-state index is 11.3. The maximum Gasteiger partial charge on any atom is 0.268 e. The maximum absolute atomic E-state index is 11.3. The van der Waals surface area contributed by atoms with Crippen molar-refractivity contribution < 1.29 is 4.79 Å². The Labute approximate surface area is 141 Å². The molecule has 2 N–H and O–H groups in total. The zero-order valence-electron chi connectivity index (χ0n) is 13.1. The molecule has 2 aromatic rings. The van der Waals surface area contributed by atoms with Crippen LogP contribution in [0.2, 0.25) is 5.02 Å². The summed E-state index contributed by atoms with van der Waals surface area (Å²) in [6, 6.07) is 12.4. The molecule has 1 aliphatic heterocycles. The van der Waals surface area contributed by atoms with Gasteiger partial charge in [0.1, 0.15) is 5.69 Å². The number of benzene rings is 1. The Balaban J connectivity index is 1.87. The van der Waals surface area contributed by atoms with Crippen LogP contribution in [0.3, 0.4) is 0 Å². The van der Waals surface area contributed by atoms with Crippen molar-refractivity contribution in [3.8, 4) is 0 Å². The molecule has 1 amide bonds. The Morgan fingerprint density at radius 2 is 2.13 bits per heavy atom. The third-order valence-corrected chi connectivity index (χ3v) is 5.13. The van der Waals surface area contributed by atoms with Gasteiger partial charge in [0.05, 0.1) is 16.9 Å². The summed E-state index contributed by atoms with van der Waals surface area (Å²) in [5, 5.41) is 0.309. The molecule has 1 aromatic heterocycles. The summed E-state index contributed by atoms with van der Waals surface area (Å²) in [6.07, 6.45) is 3.85. The minimum Gasteiger partial charge on any atom is -0.369 e. The number of carbonyl (C=O) groups is 1. The third kappa shape index (κ3) is 2.91. The van der Waals surface area contributed by atoms with Crippen LogP contribution in [-0.2, 0) is 5.41 Å². The highest BCUT2D eigenvalue weighted by Crippen LogP contribution is 2.39.